The average Bonchev–Trinajstić information content (AvgIpc) is 2.53. The minimum Gasteiger partial charge on any atom is -0.479 e. The van der Waals surface area contributed by atoms with Crippen LogP contribution in [0.3, 0.4) is 0 Å². The summed E-state index contributed by atoms with van der Waals surface area (Å²) >= 11 is 0. The maximum Gasteiger partial charge on any atom is 0.573 e. The van der Waals surface area contributed by atoms with Gasteiger partial charge in [0.25, 0.3) is 5.91 Å². The van der Waals surface area contributed by atoms with Crippen LogP contribution in [0.5, 0.6) is 11.5 Å². The molecule has 0 spiro atoms. The van der Waals surface area contributed by atoms with Gasteiger partial charge in [0.1, 0.15) is 11.5 Å². The van der Waals surface area contributed by atoms with E-state index in [4.69, 9.17) is 4.74 Å². The summed E-state index contributed by atoms with van der Waals surface area (Å²) in [6.07, 6.45) is -5.35. The predicted octanol–water partition coefficient (Wildman–Crippen LogP) is 4.21. The first-order valence-electron chi connectivity index (χ1n) is 7.66. The Kier molecular flexibility index (Phi) is 4.32. The van der Waals surface area contributed by atoms with Crippen molar-refractivity contribution in [1.82, 2.24) is 0 Å². The van der Waals surface area contributed by atoms with Crippen molar-refractivity contribution >= 4 is 11.6 Å². The molecule has 7 heteroatoms. The summed E-state index contributed by atoms with van der Waals surface area (Å²) < 4.78 is 46.1. The molecule has 1 heterocycles. The van der Waals surface area contributed by atoms with Crippen LogP contribution in [0.1, 0.15) is 18.1 Å². The Morgan fingerprint density at radius 1 is 1.16 bits per heavy atom. The molecule has 0 saturated heterocycles. The number of aryl methyl sites for hydroxylation is 1. The van der Waals surface area contributed by atoms with Gasteiger partial charge < -0.3 is 14.4 Å². The zero-order chi connectivity index (χ0) is 18.2. The van der Waals surface area contributed by atoms with Gasteiger partial charge >= 0.3 is 6.36 Å². The van der Waals surface area contributed by atoms with Crippen LogP contribution in [0.4, 0.5) is 18.9 Å². The second kappa shape index (κ2) is 6.31. The number of nitrogens with zero attached hydrogens (tertiary/aromatic N) is 1. The number of hydrogen-bond acceptors (Lipinski definition) is 3. The van der Waals surface area contributed by atoms with Gasteiger partial charge in [0.2, 0.25) is 0 Å². The number of benzene rings is 2. The van der Waals surface area contributed by atoms with Gasteiger partial charge in [-0.2, -0.15) is 0 Å². The Balaban J connectivity index is 1.84. The molecule has 132 valence electrons. The quantitative estimate of drug-likeness (QED) is 0.832. The molecule has 0 bridgehead atoms. The van der Waals surface area contributed by atoms with Crippen molar-refractivity contribution in [2.75, 3.05) is 4.90 Å². The van der Waals surface area contributed by atoms with Gasteiger partial charge in [-0.05, 0) is 49.2 Å². The lowest BCUT2D eigenvalue weighted by Gasteiger charge is -2.33. The van der Waals surface area contributed by atoms with Crippen LogP contribution in [0.25, 0.3) is 0 Å². The molecule has 0 saturated carbocycles. The number of rotatable bonds is 3. The van der Waals surface area contributed by atoms with Crippen LogP contribution < -0.4 is 14.4 Å². The number of carbonyl (C=O) groups excluding carboxylic acids is 1. The highest BCUT2D eigenvalue weighted by Gasteiger charge is 2.32. The third-order valence-corrected chi connectivity index (χ3v) is 3.82. The van der Waals surface area contributed by atoms with E-state index in [-0.39, 0.29) is 18.2 Å². The van der Waals surface area contributed by atoms with Gasteiger partial charge in [-0.1, -0.05) is 18.2 Å². The minimum absolute atomic E-state index is 0.200. The number of carbonyl (C=O) groups is 1. The van der Waals surface area contributed by atoms with Crippen LogP contribution in [0.15, 0.2) is 42.5 Å². The molecule has 0 fully saturated rings. The molecule has 0 aromatic heterocycles. The molecular formula is C18H16F3NO3. The number of fused-ring (bicyclic) bond motifs is 1. The average molecular weight is 351 g/mol. The van der Waals surface area contributed by atoms with E-state index in [1.54, 1.807) is 17.9 Å². The Bertz CT molecular complexity index is 787. The summed E-state index contributed by atoms with van der Waals surface area (Å²) in [4.78, 5) is 14.1. The molecule has 3 rings (SSSR count). The van der Waals surface area contributed by atoms with E-state index < -0.39 is 12.5 Å². The van der Waals surface area contributed by atoms with Crippen LogP contribution in [0.2, 0.25) is 0 Å². The second-order valence-corrected chi connectivity index (χ2v) is 5.85. The first-order valence-corrected chi connectivity index (χ1v) is 7.66. The van der Waals surface area contributed by atoms with E-state index >= 15 is 0 Å². The Hall–Kier alpha value is -2.70. The van der Waals surface area contributed by atoms with Crippen LogP contribution in [-0.4, -0.2) is 18.4 Å². The smallest absolute Gasteiger partial charge is 0.479 e. The summed E-state index contributed by atoms with van der Waals surface area (Å²) in [5.41, 5.74) is 2.31. The molecular weight excluding hydrogens is 335 g/mol. The summed E-state index contributed by atoms with van der Waals surface area (Å²) in [5, 5.41) is 0. The van der Waals surface area contributed by atoms with Gasteiger partial charge in [0.05, 0.1) is 12.2 Å². The molecule has 1 aliphatic heterocycles. The highest BCUT2D eigenvalue weighted by Crippen LogP contribution is 2.36. The fourth-order valence-electron chi connectivity index (χ4n) is 2.66. The third kappa shape index (κ3) is 3.87. The summed E-state index contributed by atoms with van der Waals surface area (Å²) in [6, 6.07) is 11.0. The fourth-order valence-corrected chi connectivity index (χ4v) is 2.66. The first-order chi connectivity index (χ1) is 11.7. The Morgan fingerprint density at radius 3 is 2.48 bits per heavy atom. The SMILES string of the molecule is Cc1ccc2c(c1)N(Cc1ccc(OC(F)(F)F)cc1)C(=O)C(C)O2. The highest BCUT2D eigenvalue weighted by molar-refractivity contribution is 5.99. The lowest BCUT2D eigenvalue weighted by molar-refractivity contribution is -0.274. The van der Waals surface area contributed by atoms with Crippen molar-refractivity contribution in [3.8, 4) is 11.5 Å². The number of amides is 1. The van der Waals surface area contributed by atoms with Crippen LogP contribution >= 0.6 is 0 Å². The lowest BCUT2D eigenvalue weighted by atomic mass is 10.1. The third-order valence-electron chi connectivity index (χ3n) is 3.82. The van der Waals surface area contributed by atoms with E-state index in [0.717, 1.165) is 5.56 Å². The van der Waals surface area contributed by atoms with Gasteiger partial charge in [-0.15, -0.1) is 13.2 Å². The molecule has 1 unspecified atom stereocenters. The molecule has 2 aromatic rings. The molecule has 1 aliphatic rings. The van der Waals surface area contributed by atoms with E-state index in [1.165, 1.54) is 24.3 Å². The number of anilines is 1. The number of halogens is 3. The highest BCUT2D eigenvalue weighted by atomic mass is 19.4. The summed E-state index contributed by atoms with van der Waals surface area (Å²) in [5.74, 6) is 0.109. The molecule has 0 radical (unpaired) electrons. The lowest BCUT2D eigenvalue weighted by Crippen LogP contribution is -2.44. The fraction of sp³-hybridized carbons (Fsp3) is 0.278. The molecule has 2 aromatic carbocycles. The molecule has 1 amide bonds. The topological polar surface area (TPSA) is 38.8 Å². The van der Waals surface area contributed by atoms with Gasteiger partial charge in [-0.25, -0.2) is 0 Å². The van der Waals surface area contributed by atoms with Crippen LogP contribution in [0, 0.1) is 6.92 Å². The summed E-state index contributed by atoms with van der Waals surface area (Å²) in [7, 11) is 0. The summed E-state index contributed by atoms with van der Waals surface area (Å²) in [6.45, 7) is 3.80. The van der Waals surface area contributed by atoms with Crippen molar-refractivity contribution < 1.29 is 27.4 Å². The van der Waals surface area contributed by atoms with Crippen molar-refractivity contribution in [1.29, 1.82) is 0 Å². The molecule has 0 N–H and O–H groups in total. The zero-order valence-corrected chi connectivity index (χ0v) is 13.6. The Morgan fingerprint density at radius 2 is 1.84 bits per heavy atom. The molecule has 25 heavy (non-hydrogen) atoms. The van der Waals surface area contributed by atoms with Crippen LogP contribution in [-0.2, 0) is 11.3 Å². The van der Waals surface area contributed by atoms with Gasteiger partial charge in [0.15, 0.2) is 6.10 Å². The second-order valence-electron chi connectivity index (χ2n) is 5.85. The normalized spacial score (nSPS) is 17.1. The number of hydrogen-bond donors (Lipinski definition) is 0. The minimum atomic E-state index is -4.73. The van der Waals surface area contributed by atoms with E-state index in [0.29, 0.717) is 17.0 Å². The maximum atomic E-state index is 12.5. The van der Waals surface area contributed by atoms with Crippen molar-refractivity contribution in [2.24, 2.45) is 0 Å². The van der Waals surface area contributed by atoms with E-state index in [9.17, 15) is 18.0 Å². The number of alkyl halides is 3. The van der Waals surface area contributed by atoms with E-state index in [2.05, 4.69) is 4.74 Å². The van der Waals surface area contributed by atoms with Crippen molar-refractivity contribution in [3.63, 3.8) is 0 Å². The maximum absolute atomic E-state index is 12.5. The molecule has 1 atom stereocenters. The monoisotopic (exact) mass is 351 g/mol. The molecule has 4 nitrogen and oxygen atoms in total. The zero-order valence-electron chi connectivity index (χ0n) is 13.6. The predicted molar refractivity (Wildman–Crippen MR) is 85.6 cm³/mol. The van der Waals surface area contributed by atoms with Crippen molar-refractivity contribution in [3.05, 3.63) is 53.6 Å². The number of ether oxygens (including phenoxy) is 2. The van der Waals surface area contributed by atoms with Gasteiger partial charge in [-0.3, -0.25) is 4.79 Å². The Labute approximate surface area is 142 Å². The van der Waals surface area contributed by atoms with Crippen molar-refractivity contribution in [2.45, 2.75) is 32.9 Å². The van der Waals surface area contributed by atoms with Gasteiger partial charge in [0, 0.05) is 0 Å². The standard InChI is InChI=1S/C18H16F3NO3/c1-11-3-8-16-15(9-11)22(17(23)12(2)24-16)10-13-4-6-14(7-5-13)25-18(19,20)21/h3-9,12H,10H2,1-2H3. The van der Waals surface area contributed by atoms with E-state index in [1.807, 2.05) is 19.1 Å². The first kappa shape index (κ1) is 17.1. The molecule has 0 aliphatic carbocycles. The largest absolute Gasteiger partial charge is 0.573 e.